The van der Waals surface area contributed by atoms with Crippen LogP contribution in [0.2, 0.25) is 0 Å². The summed E-state index contributed by atoms with van der Waals surface area (Å²) in [5.41, 5.74) is -0.611. The molecule has 110 valence electrons. The minimum absolute atomic E-state index is 0.000679. The minimum atomic E-state index is -3.50. The Morgan fingerprint density at radius 1 is 1.06 bits per heavy atom. The van der Waals surface area contributed by atoms with Gasteiger partial charge in [0.25, 0.3) is 0 Å². The van der Waals surface area contributed by atoms with Crippen molar-refractivity contribution in [3.05, 3.63) is 0 Å². The van der Waals surface area contributed by atoms with Crippen molar-refractivity contribution in [1.82, 2.24) is 0 Å². The molecule has 0 amide bonds. The smallest absolute Gasteiger partial charge is 0.233 e. The zero-order valence-corrected chi connectivity index (χ0v) is 13.8. The number of hydrogen-bond donors (Lipinski definition) is 0. The van der Waals surface area contributed by atoms with Gasteiger partial charge in [-0.05, 0) is 33.6 Å². The van der Waals surface area contributed by atoms with Crippen LogP contribution >= 0.6 is 10.7 Å². The number of rotatable bonds is 8. The van der Waals surface area contributed by atoms with Crippen LogP contribution in [0.15, 0.2) is 0 Å². The fourth-order valence-corrected chi connectivity index (χ4v) is 4.05. The molecule has 0 aromatic carbocycles. The number of halogens is 1. The molecule has 0 N–H and O–H groups in total. The van der Waals surface area contributed by atoms with Gasteiger partial charge in [-0.3, -0.25) is 0 Å². The maximum atomic E-state index is 11.4. The molecule has 0 aliphatic rings. The van der Waals surface area contributed by atoms with E-state index in [1.165, 1.54) is 0 Å². The summed E-state index contributed by atoms with van der Waals surface area (Å²) in [5, 5.41) is 0. The first-order valence-electron chi connectivity index (χ1n) is 6.60. The molecule has 5 heteroatoms. The van der Waals surface area contributed by atoms with E-state index in [1.54, 1.807) is 0 Å². The van der Waals surface area contributed by atoms with Crippen molar-refractivity contribution in [3.63, 3.8) is 0 Å². The molecular formula is C13H27ClO3S. The van der Waals surface area contributed by atoms with Gasteiger partial charge in [0.05, 0.1) is 18.0 Å². The molecule has 0 saturated carbocycles. The van der Waals surface area contributed by atoms with E-state index in [2.05, 4.69) is 13.8 Å². The van der Waals surface area contributed by atoms with Gasteiger partial charge in [-0.25, -0.2) is 8.42 Å². The van der Waals surface area contributed by atoms with Gasteiger partial charge >= 0.3 is 0 Å². The molecule has 0 aromatic rings. The quantitative estimate of drug-likeness (QED) is 0.637. The fourth-order valence-electron chi connectivity index (χ4n) is 2.25. The lowest BCUT2D eigenvalue weighted by Crippen LogP contribution is -2.37. The molecule has 0 spiro atoms. The van der Waals surface area contributed by atoms with E-state index in [4.69, 9.17) is 15.4 Å². The standard InChI is InChI=1S/C13H27ClO3S/c1-6-8-13(9-7-2,11-18(14,15)16)10-17-12(3,4)5/h6-11H2,1-5H3. The summed E-state index contributed by atoms with van der Waals surface area (Å²) in [6, 6.07) is 0. The molecular weight excluding hydrogens is 272 g/mol. The Kier molecular flexibility index (Phi) is 7.19. The lowest BCUT2D eigenvalue weighted by Gasteiger charge is -2.35. The van der Waals surface area contributed by atoms with Gasteiger partial charge in [0.2, 0.25) is 9.05 Å². The lowest BCUT2D eigenvalue weighted by atomic mass is 9.81. The van der Waals surface area contributed by atoms with Crippen molar-refractivity contribution in [2.75, 3.05) is 12.4 Å². The lowest BCUT2D eigenvalue weighted by molar-refractivity contribution is -0.0514. The Balaban J connectivity index is 4.96. The van der Waals surface area contributed by atoms with Crippen molar-refractivity contribution in [1.29, 1.82) is 0 Å². The third-order valence-electron chi connectivity index (χ3n) is 2.85. The van der Waals surface area contributed by atoms with E-state index >= 15 is 0 Å². The molecule has 0 bridgehead atoms. The van der Waals surface area contributed by atoms with Crippen LogP contribution in [0.4, 0.5) is 0 Å². The van der Waals surface area contributed by atoms with E-state index in [-0.39, 0.29) is 16.8 Å². The zero-order chi connectivity index (χ0) is 14.4. The Morgan fingerprint density at radius 2 is 1.50 bits per heavy atom. The van der Waals surface area contributed by atoms with Crippen molar-refractivity contribution in [2.45, 2.75) is 65.9 Å². The fraction of sp³-hybridized carbons (Fsp3) is 1.00. The van der Waals surface area contributed by atoms with Crippen LogP contribution in [-0.4, -0.2) is 26.4 Å². The zero-order valence-electron chi connectivity index (χ0n) is 12.3. The van der Waals surface area contributed by atoms with Crippen LogP contribution in [0.1, 0.15) is 60.3 Å². The predicted molar refractivity (Wildman–Crippen MR) is 77.6 cm³/mol. The van der Waals surface area contributed by atoms with Gasteiger partial charge in [0.15, 0.2) is 0 Å². The van der Waals surface area contributed by atoms with E-state index in [0.29, 0.717) is 6.61 Å². The molecule has 0 unspecified atom stereocenters. The Hall–Kier alpha value is 0.200. The Labute approximate surface area is 117 Å². The average Bonchev–Trinajstić information content (AvgIpc) is 2.12. The second kappa shape index (κ2) is 7.11. The van der Waals surface area contributed by atoms with E-state index in [0.717, 1.165) is 25.7 Å². The van der Waals surface area contributed by atoms with Gasteiger partial charge in [-0.1, -0.05) is 26.7 Å². The molecule has 18 heavy (non-hydrogen) atoms. The molecule has 0 radical (unpaired) electrons. The summed E-state index contributed by atoms with van der Waals surface area (Å²) in [5.74, 6) is -0.000679. The van der Waals surface area contributed by atoms with Crippen LogP contribution in [0.25, 0.3) is 0 Å². The Bertz CT molecular complexity index is 325. The summed E-state index contributed by atoms with van der Waals surface area (Å²) in [7, 11) is 1.95. The van der Waals surface area contributed by atoms with Crippen LogP contribution in [0.5, 0.6) is 0 Å². The highest BCUT2D eigenvalue weighted by atomic mass is 35.7. The third-order valence-corrected chi connectivity index (χ3v) is 4.14. The second-order valence-electron chi connectivity index (χ2n) is 6.08. The molecule has 0 heterocycles. The number of ether oxygens (including phenoxy) is 1. The summed E-state index contributed by atoms with van der Waals surface area (Å²) in [6.45, 7) is 10.5. The normalized spacial score (nSPS) is 13.9. The first-order valence-corrected chi connectivity index (χ1v) is 9.08. The molecule has 0 aromatic heterocycles. The van der Waals surface area contributed by atoms with Gasteiger partial charge < -0.3 is 4.74 Å². The van der Waals surface area contributed by atoms with Gasteiger partial charge in [0, 0.05) is 16.1 Å². The summed E-state index contributed by atoms with van der Waals surface area (Å²) >= 11 is 0. The largest absolute Gasteiger partial charge is 0.375 e. The van der Waals surface area contributed by atoms with E-state index < -0.39 is 9.05 Å². The van der Waals surface area contributed by atoms with E-state index in [1.807, 2.05) is 20.8 Å². The molecule has 0 aliphatic carbocycles. The van der Waals surface area contributed by atoms with Crippen molar-refractivity contribution < 1.29 is 13.2 Å². The highest BCUT2D eigenvalue weighted by Gasteiger charge is 2.35. The van der Waals surface area contributed by atoms with Gasteiger partial charge in [-0.15, -0.1) is 0 Å². The topological polar surface area (TPSA) is 43.4 Å². The molecule has 3 nitrogen and oxygen atoms in total. The van der Waals surface area contributed by atoms with Crippen molar-refractivity contribution in [3.8, 4) is 0 Å². The highest BCUT2D eigenvalue weighted by Crippen LogP contribution is 2.34. The molecule has 0 fully saturated rings. The highest BCUT2D eigenvalue weighted by molar-refractivity contribution is 8.13. The minimum Gasteiger partial charge on any atom is -0.375 e. The summed E-state index contributed by atoms with van der Waals surface area (Å²) in [6.07, 6.45) is 3.51. The molecule has 0 aliphatic heterocycles. The first kappa shape index (κ1) is 18.2. The molecule has 0 saturated heterocycles. The van der Waals surface area contributed by atoms with Crippen LogP contribution in [0, 0.1) is 5.41 Å². The summed E-state index contributed by atoms with van der Waals surface area (Å²) in [4.78, 5) is 0. The van der Waals surface area contributed by atoms with Crippen molar-refractivity contribution >= 4 is 19.7 Å². The maximum Gasteiger partial charge on any atom is 0.233 e. The van der Waals surface area contributed by atoms with Crippen LogP contribution in [0.3, 0.4) is 0 Å². The molecule has 0 atom stereocenters. The number of hydrogen-bond acceptors (Lipinski definition) is 3. The monoisotopic (exact) mass is 298 g/mol. The van der Waals surface area contributed by atoms with Crippen LogP contribution < -0.4 is 0 Å². The van der Waals surface area contributed by atoms with Crippen LogP contribution in [-0.2, 0) is 13.8 Å². The van der Waals surface area contributed by atoms with Gasteiger partial charge in [0.1, 0.15) is 0 Å². The van der Waals surface area contributed by atoms with Gasteiger partial charge in [-0.2, -0.15) is 0 Å². The molecule has 0 rings (SSSR count). The second-order valence-corrected chi connectivity index (χ2v) is 8.86. The van der Waals surface area contributed by atoms with E-state index in [9.17, 15) is 8.42 Å². The predicted octanol–water partition coefficient (Wildman–Crippen LogP) is 3.96. The third kappa shape index (κ3) is 8.33. The Morgan fingerprint density at radius 3 is 1.78 bits per heavy atom. The maximum absolute atomic E-state index is 11.4. The first-order chi connectivity index (χ1) is 8.04. The summed E-state index contributed by atoms with van der Waals surface area (Å²) < 4.78 is 28.7. The van der Waals surface area contributed by atoms with Crippen molar-refractivity contribution in [2.24, 2.45) is 5.41 Å². The average molecular weight is 299 g/mol. The SMILES string of the molecule is CCCC(CCC)(COC(C)(C)C)CS(=O)(=O)Cl.